The first kappa shape index (κ1) is 22.7. The minimum absolute atomic E-state index is 0. The Hall–Kier alpha value is -0.390. The van der Waals surface area contributed by atoms with Gasteiger partial charge >= 0.3 is 0 Å². The van der Waals surface area contributed by atoms with Crippen LogP contribution in [0.5, 0.6) is 0 Å². The van der Waals surface area contributed by atoms with Crippen molar-refractivity contribution in [3.63, 3.8) is 0 Å². The van der Waals surface area contributed by atoms with E-state index in [0.717, 1.165) is 17.4 Å². The summed E-state index contributed by atoms with van der Waals surface area (Å²) in [6.45, 7) is 3.34. The van der Waals surface area contributed by atoms with E-state index in [1.54, 1.807) is 20.2 Å². The Balaban J connectivity index is 0.00000312. The van der Waals surface area contributed by atoms with Gasteiger partial charge in [0.1, 0.15) is 4.21 Å². The molecule has 2 N–H and O–H groups in total. The van der Waals surface area contributed by atoms with Gasteiger partial charge in [-0.2, -0.15) is 0 Å². The van der Waals surface area contributed by atoms with Gasteiger partial charge in [-0.25, -0.2) is 17.7 Å². The van der Waals surface area contributed by atoms with Crippen LogP contribution in [0.3, 0.4) is 0 Å². The summed E-state index contributed by atoms with van der Waals surface area (Å²) < 4.78 is 25.8. The highest BCUT2D eigenvalue weighted by atomic mass is 127. The van der Waals surface area contributed by atoms with E-state index >= 15 is 0 Å². The Morgan fingerprint density at radius 3 is 2.56 bits per heavy atom. The minimum Gasteiger partial charge on any atom is -0.357 e. The van der Waals surface area contributed by atoms with Gasteiger partial charge in [0.05, 0.1) is 6.54 Å². The molecular formula is C16H29IN4O2S2. The zero-order valence-electron chi connectivity index (χ0n) is 15.1. The first-order valence-corrected chi connectivity index (χ1v) is 10.7. The van der Waals surface area contributed by atoms with Crippen LogP contribution in [0.2, 0.25) is 0 Å². The molecule has 1 aromatic heterocycles. The number of nitrogens with one attached hydrogen (secondary N) is 2. The molecule has 0 saturated heterocycles. The maximum absolute atomic E-state index is 12.1. The second kappa shape index (κ2) is 10.7. The molecule has 1 fully saturated rings. The smallest absolute Gasteiger partial charge is 0.252 e. The summed E-state index contributed by atoms with van der Waals surface area (Å²) in [5.41, 5.74) is 0. The lowest BCUT2D eigenvalue weighted by Crippen LogP contribution is -2.44. The van der Waals surface area contributed by atoms with E-state index in [0.29, 0.717) is 16.8 Å². The van der Waals surface area contributed by atoms with Crippen LogP contribution in [-0.4, -0.2) is 45.4 Å². The third-order valence-corrected chi connectivity index (χ3v) is 7.41. The third kappa shape index (κ3) is 6.69. The molecule has 0 radical (unpaired) electrons. The van der Waals surface area contributed by atoms with Crippen molar-refractivity contribution in [3.05, 3.63) is 17.0 Å². The van der Waals surface area contributed by atoms with Crippen molar-refractivity contribution < 1.29 is 8.42 Å². The van der Waals surface area contributed by atoms with Gasteiger partial charge < -0.3 is 10.6 Å². The first-order chi connectivity index (χ1) is 11.4. The van der Waals surface area contributed by atoms with E-state index in [9.17, 15) is 8.42 Å². The molecule has 0 aliphatic heterocycles. The van der Waals surface area contributed by atoms with Crippen LogP contribution in [0.1, 0.15) is 43.9 Å². The normalized spacial score (nSPS) is 16.6. The van der Waals surface area contributed by atoms with Gasteiger partial charge in [0, 0.05) is 31.6 Å². The average molecular weight is 500 g/mol. The van der Waals surface area contributed by atoms with Gasteiger partial charge in [-0.3, -0.25) is 0 Å². The van der Waals surface area contributed by atoms with Crippen molar-refractivity contribution in [2.24, 2.45) is 4.99 Å². The second-order valence-corrected chi connectivity index (χ2v) is 9.73. The summed E-state index contributed by atoms with van der Waals surface area (Å²) in [6.07, 6.45) is 6.25. The summed E-state index contributed by atoms with van der Waals surface area (Å²) in [7, 11) is -0.264. The van der Waals surface area contributed by atoms with Gasteiger partial charge in [0.15, 0.2) is 5.96 Å². The van der Waals surface area contributed by atoms with Crippen molar-refractivity contribution in [1.82, 2.24) is 14.9 Å². The zero-order valence-corrected chi connectivity index (χ0v) is 19.1. The molecule has 0 spiro atoms. The standard InChI is InChI=1S/C16H28N4O2S2.HI/c1-4-17-16(19-13-8-6-5-7-9-13)18-12-14-10-11-15(23-14)24(21,22)20(2)3;/h10-11,13H,4-9,12H2,1-3H3,(H2,17,18,19);1H. The van der Waals surface area contributed by atoms with Crippen LogP contribution in [0.25, 0.3) is 0 Å². The fraction of sp³-hybridized carbons (Fsp3) is 0.688. The quantitative estimate of drug-likeness (QED) is 0.358. The lowest BCUT2D eigenvalue weighted by Gasteiger charge is -2.24. The van der Waals surface area contributed by atoms with Crippen LogP contribution in [0.4, 0.5) is 0 Å². The number of guanidine groups is 1. The molecule has 2 rings (SSSR count). The van der Waals surface area contributed by atoms with Crippen molar-refractivity contribution in [3.8, 4) is 0 Å². The Bertz CT molecular complexity index is 653. The first-order valence-electron chi connectivity index (χ1n) is 8.49. The van der Waals surface area contributed by atoms with Crippen LogP contribution in [0, 0.1) is 0 Å². The monoisotopic (exact) mass is 500 g/mol. The highest BCUT2D eigenvalue weighted by Crippen LogP contribution is 2.24. The zero-order chi connectivity index (χ0) is 17.6. The fourth-order valence-corrected chi connectivity index (χ4v) is 5.13. The number of sulfonamides is 1. The number of hydrogen-bond donors (Lipinski definition) is 2. The molecule has 0 bridgehead atoms. The van der Waals surface area contributed by atoms with E-state index in [1.807, 2.05) is 13.0 Å². The number of rotatable bonds is 6. The van der Waals surface area contributed by atoms with Crippen LogP contribution >= 0.6 is 35.3 Å². The number of aliphatic imine (C=N–C) groups is 1. The molecule has 0 unspecified atom stereocenters. The average Bonchev–Trinajstić information content (AvgIpc) is 3.03. The molecule has 1 aliphatic rings. The molecule has 0 aromatic carbocycles. The molecule has 0 atom stereocenters. The number of halogens is 1. The predicted molar refractivity (Wildman–Crippen MR) is 115 cm³/mol. The Morgan fingerprint density at radius 1 is 1.28 bits per heavy atom. The van der Waals surface area contributed by atoms with E-state index < -0.39 is 10.0 Å². The SMILES string of the molecule is CCNC(=NCc1ccc(S(=O)(=O)N(C)C)s1)NC1CCCCC1.I. The van der Waals surface area contributed by atoms with E-state index in [4.69, 9.17) is 0 Å². The summed E-state index contributed by atoms with van der Waals surface area (Å²) in [5, 5.41) is 6.77. The van der Waals surface area contributed by atoms with Crippen LogP contribution in [-0.2, 0) is 16.6 Å². The summed E-state index contributed by atoms with van der Waals surface area (Å²) in [4.78, 5) is 5.56. The molecule has 144 valence electrons. The number of thiophene rings is 1. The second-order valence-electron chi connectivity index (χ2n) is 6.18. The maximum Gasteiger partial charge on any atom is 0.252 e. The summed E-state index contributed by atoms with van der Waals surface area (Å²) in [5.74, 6) is 0.815. The predicted octanol–water partition coefficient (Wildman–Crippen LogP) is 3.00. The number of nitrogens with zero attached hydrogens (tertiary/aromatic N) is 2. The Labute approximate surface area is 172 Å². The maximum atomic E-state index is 12.1. The Morgan fingerprint density at radius 2 is 1.96 bits per heavy atom. The third-order valence-electron chi connectivity index (χ3n) is 4.06. The molecule has 1 heterocycles. The number of hydrogen-bond acceptors (Lipinski definition) is 4. The highest BCUT2D eigenvalue weighted by molar-refractivity contribution is 14.0. The van der Waals surface area contributed by atoms with Gasteiger partial charge in [0.25, 0.3) is 10.0 Å². The van der Waals surface area contributed by atoms with Crippen molar-refractivity contribution >= 4 is 51.3 Å². The molecule has 9 heteroatoms. The molecule has 1 aliphatic carbocycles. The molecule has 1 aromatic rings. The van der Waals surface area contributed by atoms with Gasteiger partial charge in [-0.15, -0.1) is 35.3 Å². The van der Waals surface area contributed by atoms with Gasteiger partial charge in [-0.1, -0.05) is 19.3 Å². The molecule has 6 nitrogen and oxygen atoms in total. The molecule has 25 heavy (non-hydrogen) atoms. The lowest BCUT2D eigenvalue weighted by atomic mass is 9.96. The van der Waals surface area contributed by atoms with Crippen LogP contribution < -0.4 is 10.6 Å². The fourth-order valence-electron chi connectivity index (χ4n) is 2.68. The molecule has 0 amide bonds. The van der Waals surface area contributed by atoms with Gasteiger partial charge in [-0.05, 0) is 31.9 Å². The largest absolute Gasteiger partial charge is 0.357 e. The van der Waals surface area contributed by atoms with E-state index in [-0.39, 0.29) is 24.0 Å². The molecule has 1 saturated carbocycles. The summed E-state index contributed by atoms with van der Waals surface area (Å²) in [6, 6.07) is 3.99. The topological polar surface area (TPSA) is 73.8 Å². The van der Waals surface area contributed by atoms with E-state index in [2.05, 4.69) is 15.6 Å². The lowest BCUT2D eigenvalue weighted by molar-refractivity contribution is 0.410. The minimum atomic E-state index is -3.36. The van der Waals surface area contributed by atoms with E-state index in [1.165, 1.54) is 47.7 Å². The van der Waals surface area contributed by atoms with Gasteiger partial charge in [0.2, 0.25) is 0 Å². The van der Waals surface area contributed by atoms with Crippen LogP contribution in [0.15, 0.2) is 21.3 Å². The van der Waals surface area contributed by atoms with Crippen molar-refractivity contribution in [2.45, 2.75) is 55.8 Å². The molecular weight excluding hydrogens is 471 g/mol. The highest BCUT2D eigenvalue weighted by Gasteiger charge is 2.19. The summed E-state index contributed by atoms with van der Waals surface area (Å²) >= 11 is 1.28. The Kier molecular flexibility index (Phi) is 9.68. The van der Waals surface area contributed by atoms with Crippen molar-refractivity contribution in [1.29, 1.82) is 0 Å². The van der Waals surface area contributed by atoms with Crippen molar-refractivity contribution in [2.75, 3.05) is 20.6 Å².